The number of carbonyl (C=O) groups excluding carboxylic acids is 1. The number of ketones is 1. The van der Waals surface area contributed by atoms with E-state index in [0.29, 0.717) is 12.8 Å². The quantitative estimate of drug-likeness (QED) is 0.487. The highest BCUT2D eigenvalue weighted by molar-refractivity contribution is 5.75. The Morgan fingerprint density at radius 3 is 2.31 bits per heavy atom. The number of carboxylic acid groups (broad SMARTS) is 1. The van der Waals surface area contributed by atoms with Crippen molar-refractivity contribution in [1.82, 2.24) is 0 Å². The zero-order valence-electron chi connectivity index (χ0n) is 7.95. The summed E-state index contributed by atoms with van der Waals surface area (Å²) < 4.78 is 0. The smallest absolute Gasteiger partial charge is 0.303 e. The van der Waals surface area contributed by atoms with Crippen molar-refractivity contribution in [3.05, 3.63) is 12.2 Å². The van der Waals surface area contributed by atoms with Gasteiger partial charge in [0.25, 0.3) is 0 Å². The summed E-state index contributed by atoms with van der Waals surface area (Å²) in [5, 5.41) is 8.32. The molecule has 0 rings (SSSR count). The summed E-state index contributed by atoms with van der Waals surface area (Å²) in [5.41, 5.74) is 0. The fourth-order valence-electron chi connectivity index (χ4n) is 0.893. The minimum absolute atomic E-state index is 0.190. The zero-order chi connectivity index (χ0) is 10.1. The highest BCUT2D eigenvalue weighted by Crippen LogP contribution is 1.99. The molecule has 3 nitrogen and oxygen atoms in total. The van der Waals surface area contributed by atoms with E-state index < -0.39 is 5.97 Å². The van der Waals surface area contributed by atoms with Crippen LogP contribution < -0.4 is 0 Å². The number of carboxylic acids is 1. The van der Waals surface area contributed by atoms with Crippen molar-refractivity contribution in [2.24, 2.45) is 0 Å². The molecule has 0 aliphatic carbocycles. The van der Waals surface area contributed by atoms with Gasteiger partial charge in [0.05, 0.1) is 0 Å². The molecule has 0 radical (unpaired) electrons. The van der Waals surface area contributed by atoms with E-state index in [1.165, 1.54) is 0 Å². The number of carbonyl (C=O) groups is 2. The molecular formula is C10H16O3. The summed E-state index contributed by atoms with van der Waals surface area (Å²) in [6, 6.07) is 0. The molecule has 0 aliphatic heterocycles. The standard InChI is InChI=1S/C10H16O3/c1-9(11)7-5-3-2-4-6-8-10(12)13/h2-3H,4-8H2,1H3,(H,12,13)/b3-2+. The molecule has 0 aromatic carbocycles. The number of hydrogen-bond acceptors (Lipinski definition) is 2. The van der Waals surface area contributed by atoms with Crippen LogP contribution in [0.1, 0.15) is 39.0 Å². The average molecular weight is 184 g/mol. The molecule has 0 heterocycles. The third-order valence-corrected chi connectivity index (χ3v) is 1.59. The van der Waals surface area contributed by atoms with Crippen LogP contribution >= 0.6 is 0 Å². The lowest BCUT2D eigenvalue weighted by atomic mass is 10.2. The van der Waals surface area contributed by atoms with E-state index in [0.717, 1.165) is 12.8 Å². The largest absolute Gasteiger partial charge is 0.481 e. The first kappa shape index (κ1) is 11.9. The Morgan fingerprint density at radius 2 is 1.77 bits per heavy atom. The monoisotopic (exact) mass is 184 g/mol. The first-order valence-corrected chi connectivity index (χ1v) is 4.49. The van der Waals surface area contributed by atoms with Crippen LogP contribution in [0.25, 0.3) is 0 Å². The predicted molar refractivity (Wildman–Crippen MR) is 50.5 cm³/mol. The Bertz CT molecular complexity index is 194. The Labute approximate surface area is 78.5 Å². The number of rotatable bonds is 7. The van der Waals surface area contributed by atoms with Gasteiger partial charge in [-0.2, -0.15) is 0 Å². The molecule has 0 bridgehead atoms. The van der Waals surface area contributed by atoms with Crippen molar-refractivity contribution in [2.45, 2.75) is 39.0 Å². The van der Waals surface area contributed by atoms with E-state index >= 15 is 0 Å². The first-order valence-electron chi connectivity index (χ1n) is 4.49. The molecule has 13 heavy (non-hydrogen) atoms. The van der Waals surface area contributed by atoms with Gasteiger partial charge in [-0.1, -0.05) is 12.2 Å². The molecule has 0 atom stereocenters. The van der Waals surface area contributed by atoms with Gasteiger partial charge in [-0.25, -0.2) is 0 Å². The summed E-state index contributed by atoms with van der Waals surface area (Å²) in [6.45, 7) is 1.57. The number of allylic oxidation sites excluding steroid dienone is 2. The normalized spacial score (nSPS) is 10.5. The number of hydrogen-bond donors (Lipinski definition) is 1. The van der Waals surface area contributed by atoms with Crippen LogP contribution in [0.4, 0.5) is 0 Å². The second-order valence-corrected chi connectivity index (χ2v) is 3.00. The van der Waals surface area contributed by atoms with Gasteiger partial charge in [0.1, 0.15) is 5.78 Å². The third-order valence-electron chi connectivity index (χ3n) is 1.59. The van der Waals surface area contributed by atoms with E-state index in [1.54, 1.807) is 6.92 Å². The Balaban J connectivity index is 3.22. The van der Waals surface area contributed by atoms with Gasteiger partial charge in [-0.05, 0) is 26.2 Å². The van der Waals surface area contributed by atoms with Gasteiger partial charge in [0, 0.05) is 12.8 Å². The van der Waals surface area contributed by atoms with Crippen LogP contribution in [0, 0.1) is 0 Å². The van der Waals surface area contributed by atoms with Crippen molar-refractivity contribution < 1.29 is 14.7 Å². The van der Waals surface area contributed by atoms with Crippen molar-refractivity contribution in [2.75, 3.05) is 0 Å². The Hall–Kier alpha value is -1.12. The SMILES string of the molecule is CC(=O)CC/C=C/CCCC(=O)O. The maximum absolute atomic E-state index is 10.5. The minimum Gasteiger partial charge on any atom is -0.481 e. The first-order chi connectivity index (χ1) is 6.13. The zero-order valence-corrected chi connectivity index (χ0v) is 7.95. The van der Waals surface area contributed by atoms with Gasteiger partial charge in [-0.15, -0.1) is 0 Å². The topological polar surface area (TPSA) is 54.4 Å². The van der Waals surface area contributed by atoms with Gasteiger partial charge in [0.15, 0.2) is 0 Å². The van der Waals surface area contributed by atoms with Crippen LogP contribution in [0.2, 0.25) is 0 Å². The fourth-order valence-corrected chi connectivity index (χ4v) is 0.893. The molecule has 0 spiro atoms. The van der Waals surface area contributed by atoms with Crippen LogP contribution in [0.3, 0.4) is 0 Å². The molecule has 0 aliphatic rings. The average Bonchev–Trinajstić information content (AvgIpc) is 2.01. The second kappa shape index (κ2) is 7.53. The molecule has 1 N–H and O–H groups in total. The number of Topliss-reactive ketones (excluding diaryl/α,β-unsaturated/α-hetero) is 1. The summed E-state index contributed by atoms with van der Waals surface area (Å²) in [5.74, 6) is -0.563. The van der Waals surface area contributed by atoms with E-state index in [2.05, 4.69) is 0 Å². The van der Waals surface area contributed by atoms with E-state index in [4.69, 9.17) is 5.11 Å². The lowest BCUT2D eigenvalue weighted by molar-refractivity contribution is -0.137. The highest BCUT2D eigenvalue weighted by atomic mass is 16.4. The molecule has 0 fully saturated rings. The van der Waals surface area contributed by atoms with Crippen molar-refractivity contribution in [3.63, 3.8) is 0 Å². The number of aliphatic carboxylic acids is 1. The van der Waals surface area contributed by atoms with E-state index in [-0.39, 0.29) is 12.2 Å². The third kappa shape index (κ3) is 10.9. The molecule has 0 aromatic rings. The molecule has 0 aromatic heterocycles. The molecule has 0 saturated carbocycles. The maximum Gasteiger partial charge on any atom is 0.303 e. The molecule has 0 amide bonds. The molecule has 74 valence electrons. The van der Waals surface area contributed by atoms with Gasteiger partial charge in [-0.3, -0.25) is 4.79 Å². The lowest BCUT2D eigenvalue weighted by Crippen LogP contribution is -1.92. The van der Waals surface area contributed by atoms with Gasteiger partial charge < -0.3 is 9.90 Å². The number of unbranched alkanes of at least 4 members (excludes halogenated alkanes) is 1. The van der Waals surface area contributed by atoms with Crippen molar-refractivity contribution in [3.8, 4) is 0 Å². The van der Waals surface area contributed by atoms with Crippen molar-refractivity contribution >= 4 is 11.8 Å². The Kier molecular flexibility index (Phi) is 6.88. The summed E-state index contributed by atoms with van der Waals surface area (Å²) in [7, 11) is 0. The molecule has 3 heteroatoms. The lowest BCUT2D eigenvalue weighted by Gasteiger charge is -1.91. The fraction of sp³-hybridized carbons (Fsp3) is 0.600. The summed E-state index contributed by atoms with van der Waals surface area (Å²) >= 11 is 0. The predicted octanol–water partition coefficient (Wildman–Crippen LogP) is 2.17. The van der Waals surface area contributed by atoms with Crippen LogP contribution in [0.5, 0.6) is 0 Å². The maximum atomic E-state index is 10.5. The summed E-state index contributed by atoms with van der Waals surface area (Å²) in [6.07, 6.45) is 6.89. The van der Waals surface area contributed by atoms with Crippen LogP contribution in [-0.2, 0) is 9.59 Å². The van der Waals surface area contributed by atoms with E-state index in [1.807, 2.05) is 12.2 Å². The van der Waals surface area contributed by atoms with Crippen LogP contribution in [-0.4, -0.2) is 16.9 Å². The van der Waals surface area contributed by atoms with Crippen molar-refractivity contribution in [1.29, 1.82) is 0 Å². The van der Waals surface area contributed by atoms with E-state index in [9.17, 15) is 9.59 Å². The molecule has 0 unspecified atom stereocenters. The second-order valence-electron chi connectivity index (χ2n) is 3.00. The summed E-state index contributed by atoms with van der Waals surface area (Å²) in [4.78, 5) is 20.6. The highest BCUT2D eigenvalue weighted by Gasteiger charge is 1.93. The van der Waals surface area contributed by atoms with Gasteiger partial charge >= 0.3 is 5.97 Å². The Morgan fingerprint density at radius 1 is 1.15 bits per heavy atom. The minimum atomic E-state index is -0.753. The molecular weight excluding hydrogens is 168 g/mol. The van der Waals surface area contributed by atoms with Crippen LogP contribution in [0.15, 0.2) is 12.2 Å². The van der Waals surface area contributed by atoms with Gasteiger partial charge in [0.2, 0.25) is 0 Å². The molecule has 0 saturated heterocycles.